The smallest absolute Gasteiger partial charge is 0.221 e. The molecule has 25 heavy (non-hydrogen) atoms. The first kappa shape index (κ1) is 19.2. The number of aromatic nitrogens is 3. The van der Waals surface area contributed by atoms with E-state index >= 15 is 0 Å². The fourth-order valence-electron chi connectivity index (χ4n) is 3.10. The number of nitrogens with zero attached hydrogens (tertiary/aromatic N) is 4. The molecule has 0 saturated heterocycles. The second-order valence-corrected chi connectivity index (χ2v) is 6.37. The predicted octanol–water partition coefficient (Wildman–Crippen LogP) is 0.845. The quantitative estimate of drug-likeness (QED) is 0.477. The van der Waals surface area contributed by atoms with Gasteiger partial charge in [0.05, 0.1) is 0 Å². The summed E-state index contributed by atoms with van der Waals surface area (Å²) >= 11 is 0. The summed E-state index contributed by atoms with van der Waals surface area (Å²) in [6.07, 6.45) is 9.05. The van der Waals surface area contributed by atoms with Crippen LogP contribution >= 0.6 is 0 Å². The summed E-state index contributed by atoms with van der Waals surface area (Å²) in [5.41, 5.74) is 0. The van der Waals surface area contributed by atoms with Crippen LogP contribution in [0.4, 0.5) is 0 Å². The van der Waals surface area contributed by atoms with E-state index in [2.05, 4.69) is 38.1 Å². The number of carbonyl (C=O) groups excluding carboxylic acids is 1. The number of hydrogen-bond donors (Lipinski definition) is 3. The number of amides is 1. The molecule has 0 radical (unpaired) electrons. The van der Waals surface area contributed by atoms with Crippen molar-refractivity contribution in [2.75, 3.05) is 20.1 Å². The number of aryl methyl sites for hydroxylation is 1. The maximum Gasteiger partial charge on any atom is 0.221 e. The van der Waals surface area contributed by atoms with Gasteiger partial charge in [0.1, 0.15) is 12.2 Å². The average molecular weight is 349 g/mol. The minimum absolute atomic E-state index is 0.118. The minimum Gasteiger partial charge on any atom is -0.356 e. The van der Waals surface area contributed by atoms with Gasteiger partial charge in [-0.15, -0.1) is 10.2 Å². The van der Waals surface area contributed by atoms with Crippen molar-refractivity contribution in [1.29, 1.82) is 0 Å². The van der Waals surface area contributed by atoms with E-state index in [4.69, 9.17) is 0 Å². The topological polar surface area (TPSA) is 96.2 Å². The van der Waals surface area contributed by atoms with E-state index < -0.39 is 0 Å². The molecule has 0 unspecified atom stereocenters. The predicted molar refractivity (Wildman–Crippen MR) is 98.4 cm³/mol. The maximum absolute atomic E-state index is 12.0. The van der Waals surface area contributed by atoms with Gasteiger partial charge < -0.3 is 20.5 Å². The van der Waals surface area contributed by atoms with E-state index in [0.717, 1.165) is 38.2 Å². The molecule has 0 atom stereocenters. The van der Waals surface area contributed by atoms with Gasteiger partial charge in [0.2, 0.25) is 5.91 Å². The lowest BCUT2D eigenvalue weighted by Gasteiger charge is -2.22. The molecule has 1 heterocycles. The molecular weight excluding hydrogens is 318 g/mol. The Morgan fingerprint density at radius 1 is 1.28 bits per heavy atom. The molecule has 8 nitrogen and oxygen atoms in total. The minimum atomic E-state index is 0.118. The van der Waals surface area contributed by atoms with Gasteiger partial charge in [-0.25, -0.2) is 0 Å². The van der Waals surface area contributed by atoms with Crippen molar-refractivity contribution in [2.24, 2.45) is 4.99 Å². The van der Waals surface area contributed by atoms with Crippen molar-refractivity contribution in [2.45, 2.75) is 64.5 Å². The molecule has 1 aliphatic rings. The van der Waals surface area contributed by atoms with E-state index in [0.29, 0.717) is 25.0 Å². The summed E-state index contributed by atoms with van der Waals surface area (Å²) in [5, 5.41) is 17.5. The monoisotopic (exact) mass is 349 g/mol. The molecule has 1 amide bonds. The van der Waals surface area contributed by atoms with Gasteiger partial charge in [0.25, 0.3) is 0 Å². The molecule has 2 rings (SSSR count). The van der Waals surface area contributed by atoms with Crippen LogP contribution in [0.15, 0.2) is 11.3 Å². The van der Waals surface area contributed by atoms with Gasteiger partial charge in [0.15, 0.2) is 5.96 Å². The lowest BCUT2D eigenvalue weighted by atomic mass is 9.95. The van der Waals surface area contributed by atoms with Crippen molar-refractivity contribution in [3.8, 4) is 0 Å². The summed E-state index contributed by atoms with van der Waals surface area (Å²) in [5.74, 6) is 1.80. The van der Waals surface area contributed by atoms with Crippen LogP contribution in [0.5, 0.6) is 0 Å². The Labute approximate surface area is 149 Å². The van der Waals surface area contributed by atoms with Gasteiger partial charge in [-0.1, -0.05) is 26.2 Å². The SMILES string of the molecule is CCc1nncn1CCNC(=NC)NCCC(=O)NC1CCCCC1. The van der Waals surface area contributed by atoms with Crippen molar-refractivity contribution >= 4 is 11.9 Å². The first-order valence-corrected chi connectivity index (χ1v) is 9.33. The van der Waals surface area contributed by atoms with Crippen LogP contribution in [0, 0.1) is 0 Å². The molecule has 0 bridgehead atoms. The standard InChI is InChI=1S/C17H31N7O/c1-3-15-23-21-13-24(15)12-11-20-17(18-2)19-10-9-16(25)22-14-7-5-4-6-8-14/h13-14H,3-12H2,1-2H3,(H,22,25)(H2,18,19,20). The van der Waals surface area contributed by atoms with Crippen molar-refractivity contribution in [3.05, 3.63) is 12.2 Å². The highest BCUT2D eigenvalue weighted by Gasteiger charge is 2.15. The summed E-state index contributed by atoms with van der Waals surface area (Å²) in [4.78, 5) is 16.2. The molecule has 1 aromatic rings. The largest absolute Gasteiger partial charge is 0.356 e. The second-order valence-electron chi connectivity index (χ2n) is 6.37. The van der Waals surface area contributed by atoms with Gasteiger partial charge in [0, 0.05) is 45.6 Å². The number of nitrogens with one attached hydrogen (secondary N) is 3. The molecule has 140 valence electrons. The first-order valence-electron chi connectivity index (χ1n) is 9.33. The highest BCUT2D eigenvalue weighted by atomic mass is 16.1. The molecular formula is C17H31N7O. The lowest BCUT2D eigenvalue weighted by molar-refractivity contribution is -0.121. The Balaban J connectivity index is 1.60. The fourth-order valence-corrected chi connectivity index (χ4v) is 3.10. The van der Waals surface area contributed by atoms with Crippen LogP contribution in [0.2, 0.25) is 0 Å². The number of rotatable bonds is 8. The Morgan fingerprint density at radius 2 is 2.04 bits per heavy atom. The van der Waals surface area contributed by atoms with Crippen molar-refractivity contribution < 1.29 is 4.79 Å². The van der Waals surface area contributed by atoms with E-state index in [1.165, 1.54) is 19.3 Å². The van der Waals surface area contributed by atoms with Crippen molar-refractivity contribution in [1.82, 2.24) is 30.7 Å². The zero-order chi connectivity index (χ0) is 17.9. The average Bonchev–Trinajstić information content (AvgIpc) is 3.08. The van der Waals surface area contributed by atoms with Crippen molar-refractivity contribution in [3.63, 3.8) is 0 Å². The van der Waals surface area contributed by atoms with Crippen LogP contribution in [0.3, 0.4) is 0 Å². The molecule has 3 N–H and O–H groups in total. The Morgan fingerprint density at radius 3 is 2.76 bits per heavy atom. The molecule has 1 fully saturated rings. The zero-order valence-electron chi connectivity index (χ0n) is 15.4. The Bertz CT molecular complexity index is 549. The molecule has 0 aliphatic heterocycles. The summed E-state index contributed by atoms with van der Waals surface area (Å²) in [6.45, 7) is 4.13. The van der Waals surface area contributed by atoms with Gasteiger partial charge in [-0.05, 0) is 12.8 Å². The van der Waals surface area contributed by atoms with Crippen LogP contribution in [-0.2, 0) is 17.8 Å². The first-order chi connectivity index (χ1) is 12.2. The summed E-state index contributed by atoms with van der Waals surface area (Å²) in [6, 6.07) is 0.371. The summed E-state index contributed by atoms with van der Waals surface area (Å²) < 4.78 is 2.03. The third-order valence-electron chi connectivity index (χ3n) is 4.50. The van der Waals surface area contributed by atoms with Crippen LogP contribution < -0.4 is 16.0 Å². The number of guanidine groups is 1. The van der Waals surface area contributed by atoms with Crippen LogP contribution in [0.25, 0.3) is 0 Å². The van der Waals surface area contributed by atoms with E-state index in [9.17, 15) is 4.79 Å². The fraction of sp³-hybridized carbons (Fsp3) is 0.765. The third kappa shape index (κ3) is 6.72. The zero-order valence-corrected chi connectivity index (χ0v) is 15.4. The number of hydrogen-bond acceptors (Lipinski definition) is 4. The number of aliphatic imine (C=N–C) groups is 1. The van der Waals surface area contributed by atoms with Gasteiger partial charge >= 0.3 is 0 Å². The maximum atomic E-state index is 12.0. The Hall–Kier alpha value is -2.12. The van der Waals surface area contributed by atoms with E-state index in [1.54, 1.807) is 13.4 Å². The number of carbonyl (C=O) groups is 1. The van der Waals surface area contributed by atoms with Crippen LogP contribution in [0.1, 0.15) is 51.3 Å². The summed E-state index contributed by atoms with van der Waals surface area (Å²) in [7, 11) is 1.73. The second kappa shape index (κ2) is 10.7. The highest BCUT2D eigenvalue weighted by Crippen LogP contribution is 2.17. The van der Waals surface area contributed by atoms with E-state index in [1.807, 2.05) is 4.57 Å². The molecule has 1 saturated carbocycles. The normalized spacial score (nSPS) is 15.8. The molecule has 1 aromatic heterocycles. The highest BCUT2D eigenvalue weighted by molar-refractivity contribution is 5.81. The molecule has 0 aromatic carbocycles. The molecule has 8 heteroatoms. The lowest BCUT2D eigenvalue weighted by Crippen LogP contribution is -2.42. The molecule has 0 spiro atoms. The van der Waals surface area contributed by atoms with E-state index in [-0.39, 0.29) is 5.91 Å². The Kier molecular flexibility index (Phi) is 8.21. The van der Waals surface area contributed by atoms with Gasteiger partial charge in [-0.3, -0.25) is 9.79 Å². The third-order valence-corrected chi connectivity index (χ3v) is 4.50. The van der Waals surface area contributed by atoms with Crippen LogP contribution in [-0.4, -0.2) is 52.8 Å². The molecule has 1 aliphatic carbocycles. The van der Waals surface area contributed by atoms with Gasteiger partial charge in [-0.2, -0.15) is 0 Å².